The van der Waals surface area contributed by atoms with Crippen LogP contribution in [-0.4, -0.2) is 17.3 Å². The van der Waals surface area contributed by atoms with E-state index < -0.39 is 0 Å². The molecular weight excluding hydrogens is 334 g/mol. The Morgan fingerprint density at radius 1 is 1.11 bits per heavy atom. The van der Waals surface area contributed by atoms with Crippen molar-refractivity contribution in [1.82, 2.24) is 0 Å². The number of esters is 1. The van der Waals surface area contributed by atoms with E-state index >= 15 is 0 Å². The van der Waals surface area contributed by atoms with E-state index in [9.17, 15) is 4.79 Å². The predicted octanol–water partition coefficient (Wildman–Crippen LogP) is 4.76. The lowest BCUT2D eigenvalue weighted by Gasteiger charge is -2.58. The fraction of sp³-hybridized carbons (Fsp3) is 0.833. The van der Waals surface area contributed by atoms with E-state index in [2.05, 4.69) is 13.0 Å². The minimum absolute atomic E-state index is 0.0835. The zero-order chi connectivity index (χ0) is 18.1. The summed E-state index contributed by atoms with van der Waals surface area (Å²) in [5, 5.41) is 8.17. The van der Waals surface area contributed by atoms with E-state index in [0.29, 0.717) is 12.3 Å². The number of carbonyl (C=O) groups excluding carboxylic acids is 1. The van der Waals surface area contributed by atoms with Gasteiger partial charge in [-0.05, 0) is 98.9 Å². The molecule has 7 rings (SSSR count). The first-order valence-electron chi connectivity index (χ1n) is 11.6. The number of hydrogen-bond donors (Lipinski definition) is 1. The van der Waals surface area contributed by atoms with Crippen LogP contribution in [0.4, 0.5) is 0 Å². The monoisotopic (exact) mass is 365 g/mol. The molecule has 7 aliphatic rings. The molecule has 0 aromatic rings. The van der Waals surface area contributed by atoms with Crippen LogP contribution in [0, 0.1) is 58.2 Å². The number of allylic oxidation sites excluding steroid dienone is 2. The van der Waals surface area contributed by atoms with Crippen molar-refractivity contribution in [3.05, 3.63) is 11.6 Å². The molecule has 1 saturated heterocycles. The zero-order valence-electron chi connectivity index (χ0n) is 16.4. The molecule has 0 amide bonds. The molecule has 0 bridgehead atoms. The van der Waals surface area contributed by atoms with Gasteiger partial charge in [-0.3, -0.25) is 4.79 Å². The molecule has 1 heterocycles. The van der Waals surface area contributed by atoms with Gasteiger partial charge in [-0.1, -0.05) is 12.5 Å². The molecule has 6 aliphatic carbocycles. The Kier molecular flexibility index (Phi) is 2.75. The van der Waals surface area contributed by atoms with Gasteiger partial charge >= 0.3 is 5.97 Å². The maximum atomic E-state index is 12.2. The highest BCUT2D eigenvalue weighted by atomic mass is 16.6. The predicted molar refractivity (Wildman–Crippen MR) is 102 cm³/mol. The third-order valence-electron chi connectivity index (χ3n) is 10.6. The molecule has 10 atom stereocenters. The fourth-order valence-corrected chi connectivity index (χ4v) is 9.82. The van der Waals surface area contributed by atoms with Gasteiger partial charge < -0.3 is 10.1 Å². The van der Waals surface area contributed by atoms with E-state index in [1.54, 1.807) is 5.57 Å². The van der Waals surface area contributed by atoms with Crippen LogP contribution in [0.2, 0.25) is 0 Å². The van der Waals surface area contributed by atoms with Gasteiger partial charge in [0.25, 0.3) is 0 Å². The van der Waals surface area contributed by atoms with E-state index in [0.717, 1.165) is 60.0 Å². The summed E-state index contributed by atoms with van der Waals surface area (Å²) >= 11 is 0. The van der Waals surface area contributed by atoms with Crippen molar-refractivity contribution in [3.63, 3.8) is 0 Å². The van der Waals surface area contributed by atoms with Crippen LogP contribution < -0.4 is 0 Å². The summed E-state index contributed by atoms with van der Waals surface area (Å²) in [5.41, 5.74) is 2.75. The standard InChI is InChI=1S/C24H31NO2/c1-2-23-7-5-14-13-4-3-12(25)9-15(13)16-10-17(16)21(14)22(23)18-11-19(18)24(23)8-6-20(26)27-24/h9,13-14,16-19,21-22,25H,2-8,10-11H2,1H3/t13-,14?,16?,17?,18?,19?,21?,22?,23+,24+/m1/s1. The maximum Gasteiger partial charge on any atom is 0.306 e. The first kappa shape index (κ1) is 15.8. The molecule has 0 radical (unpaired) electrons. The third kappa shape index (κ3) is 1.65. The van der Waals surface area contributed by atoms with Crippen molar-refractivity contribution in [3.8, 4) is 0 Å². The smallest absolute Gasteiger partial charge is 0.306 e. The van der Waals surface area contributed by atoms with Crippen LogP contribution in [0.25, 0.3) is 0 Å². The summed E-state index contributed by atoms with van der Waals surface area (Å²) in [7, 11) is 0. The normalized spacial score (nSPS) is 59.2. The van der Waals surface area contributed by atoms with Gasteiger partial charge in [-0.25, -0.2) is 0 Å². The molecule has 0 aromatic heterocycles. The molecule has 1 spiro atoms. The molecule has 27 heavy (non-hydrogen) atoms. The highest BCUT2D eigenvalue weighted by Crippen LogP contribution is 2.81. The molecular formula is C24H31NO2. The van der Waals surface area contributed by atoms with Gasteiger partial charge in [0.2, 0.25) is 0 Å². The zero-order valence-corrected chi connectivity index (χ0v) is 16.4. The molecule has 1 aliphatic heterocycles. The van der Waals surface area contributed by atoms with Crippen LogP contribution in [0.5, 0.6) is 0 Å². The lowest BCUT2D eigenvalue weighted by atomic mass is 9.47. The largest absolute Gasteiger partial charge is 0.458 e. The summed E-state index contributed by atoms with van der Waals surface area (Å²) in [6, 6.07) is 0. The molecule has 3 nitrogen and oxygen atoms in total. The van der Waals surface area contributed by atoms with Crippen molar-refractivity contribution >= 4 is 11.7 Å². The number of nitrogens with one attached hydrogen (secondary N) is 1. The van der Waals surface area contributed by atoms with E-state index in [-0.39, 0.29) is 17.0 Å². The quantitative estimate of drug-likeness (QED) is 0.681. The summed E-state index contributed by atoms with van der Waals surface area (Å²) in [6.07, 6.45) is 12.7. The van der Waals surface area contributed by atoms with Crippen molar-refractivity contribution in [2.45, 2.75) is 70.3 Å². The topological polar surface area (TPSA) is 50.2 Å². The maximum absolute atomic E-state index is 12.2. The SMILES string of the molecule is CC[C@]12CCC3C(C4CC4C4=CC(=N)CC[C@@H]43)C1C1CC1[C@@]21CCC(=O)O1. The Bertz CT molecular complexity index is 800. The summed E-state index contributed by atoms with van der Waals surface area (Å²) in [4.78, 5) is 12.2. The first-order valence-corrected chi connectivity index (χ1v) is 11.6. The lowest BCUT2D eigenvalue weighted by molar-refractivity contribution is -0.179. The average molecular weight is 366 g/mol. The molecule has 6 fully saturated rings. The van der Waals surface area contributed by atoms with Crippen LogP contribution in [0.15, 0.2) is 11.6 Å². The second-order valence-electron chi connectivity index (χ2n) is 11.0. The number of carbonyl (C=O) groups is 1. The van der Waals surface area contributed by atoms with Crippen molar-refractivity contribution in [2.24, 2.45) is 52.8 Å². The van der Waals surface area contributed by atoms with Gasteiger partial charge in [0.05, 0.1) is 0 Å². The van der Waals surface area contributed by atoms with Gasteiger partial charge in [-0.2, -0.15) is 0 Å². The van der Waals surface area contributed by atoms with Crippen LogP contribution in [0.3, 0.4) is 0 Å². The van der Waals surface area contributed by atoms with E-state index in [4.69, 9.17) is 10.1 Å². The minimum atomic E-state index is -0.0890. The first-order chi connectivity index (χ1) is 13.1. The van der Waals surface area contributed by atoms with Gasteiger partial charge in [0, 0.05) is 23.5 Å². The molecule has 3 heteroatoms. The van der Waals surface area contributed by atoms with E-state index in [1.165, 1.54) is 38.5 Å². The summed E-state index contributed by atoms with van der Waals surface area (Å²) in [6.45, 7) is 2.40. The van der Waals surface area contributed by atoms with Crippen LogP contribution in [-0.2, 0) is 9.53 Å². The molecule has 0 aromatic carbocycles. The highest BCUT2D eigenvalue weighted by Gasteiger charge is 2.81. The molecule has 5 saturated carbocycles. The third-order valence-corrected chi connectivity index (χ3v) is 10.6. The van der Waals surface area contributed by atoms with Crippen molar-refractivity contribution in [1.29, 1.82) is 5.41 Å². The lowest BCUT2D eigenvalue weighted by Crippen LogP contribution is -2.56. The Morgan fingerprint density at radius 3 is 2.78 bits per heavy atom. The Morgan fingerprint density at radius 2 is 2.00 bits per heavy atom. The van der Waals surface area contributed by atoms with Crippen LogP contribution >= 0.6 is 0 Å². The van der Waals surface area contributed by atoms with Crippen molar-refractivity contribution in [2.75, 3.05) is 0 Å². The Labute approximate surface area is 161 Å². The number of hydrogen-bond acceptors (Lipinski definition) is 3. The Hall–Kier alpha value is -1.12. The van der Waals surface area contributed by atoms with Gasteiger partial charge in [0.1, 0.15) is 5.60 Å². The number of ether oxygens (including phenoxy) is 1. The van der Waals surface area contributed by atoms with Crippen molar-refractivity contribution < 1.29 is 9.53 Å². The van der Waals surface area contributed by atoms with Gasteiger partial charge in [0.15, 0.2) is 0 Å². The van der Waals surface area contributed by atoms with Crippen LogP contribution in [0.1, 0.15) is 64.7 Å². The fourth-order valence-electron chi connectivity index (χ4n) is 9.82. The van der Waals surface area contributed by atoms with E-state index in [1.807, 2.05) is 0 Å². The number of fused-ring (bicyclic) bond motifs is 12. The minimum Gasteiger partial charge on any atom is -0.458 e. The molecule has 7 unspecified atom stereocenters. The average Bonchev–Trinajstić information content (AvgIpc) is 3.57. The Balaban J connectivity index is 1.32. The summed E-state index contributed by atoms with van der Waals surface area (Å²) < 4.78 is 6.30. The second kappa shape index (κ2) is 4.71. The second-order valence-corrected chi connectivity index (χ2v) is 11.0. The number of rotatable bonds is 1. The summed E-state index contributed by atoms with van der Waals surface area (Å²) in [5.74, 6) is 6.60. The molecule has 144 valence electrons. The highest BCUT2D eigenvalue weighted by molar-refractivity contribution is 5.94. The van der Waals surface area contributed by atoms with Gasteiger partial charge in [-0.15, -0.1) is 0 Å². The molecule has 1 N–H and O–H groups in total.